The lowest BCUT2D eigenvalue weighted by Crippen LogP contribution is -2.09. The summed E-state index contributed by atoms with van der Waals surface area (Å²) in [5.74, 6) is -0.267. The summed E-state index contributed by atoms with van der Waals surface area (Å²) < 4.78 is 5.55. The van der Waals surface area contributed by atoms with E-state index >= 15 is 0 Å². The smallest absolute Gasteiger partial charge is 0.328 e. The Labute approximate surface area is 133 Å². The number of benzene rings is 1. The second kappa shape index (κ2) is 5.77. The third kappa shape index (κ3) is 2.86. The number of hydrogen-bond acceptors (Lipinski definition) is 5. The predicted octanol–water partition coefficient (Wildman–Crippen LogP) is 4.65. The molecule has 0 saturated heterocycles. The van der Waals surface area contributed by atoms with Gasteiger partial charge in [0.25, 0.3) is 0 Å². The summed E-state index contributed by atoms with van der Waals surface area (Å²) in [6, 6.07) is 5.28. The van der Waals surface area contributed by atoms with Crippen molar-refractivity contribution >= 4 is 52.3 Å². The lowest BCUT2D eigenvalue weighted by molar-refractivity contribution is -0.134. The van der Waals surface area contributed by atoms with Crippen LogP contribution in [-0.2, 0) is 9.53 Å². The second-order valence-electron chi connectivity index (χ2n) is 3.93. The molecule has 3 rings (SSSR count). The summed E-state index contributed by atoms with van der Waals surface area (Å²) >= 11 is 14.9. The fraction of sp³-hybridized carbons (Fsp3) is 0.0769. The van der Waals surface area contributed by atoms with Crippen LogP contribution >= 0.6 is 46.3 Å². The predicted molar refractivity (Wildman–Crippen MR) is 82.4 cm³/mol. The van der Waals surface area contributed by atoms with Crippen molar-refractivity contribution in [1.82, 2.24) is 4.98 Å². The van der Waals surface area contributed by atoms with Crippen LogP contribution in [0.2, 0.25) is 10.0 Å². The van der Waals surface area contributed by atoms with Gasteiger partial charge in [-0.3, -0.25) is 4.79 Å². The lowest BCUT2D eigenvalue weighted by atomic mass is 10.2. The summed E-state index contributed by atoms with van der Waals surface area (Å²) in [7, 11) is 0. The van der Waals surface area contributed by atoms with E-state index < -0.39 is 0 Å². The first-order chi connectivity index (χ1) is 9.63. The van der Waals surface area contributed by atoms with Gasteiger partial charge in [0.15, 0.2) is 4.34 Å². The summed E-state index contributed by atoms with van der Waals surface area (Å²) in [5.41, 5.74) is 1.60. The molecule has 1 aromatic carbocycles. The molecule has 102 valence electrons. The van der Waals surface area contributed by atoms with Gasteiger partial charge < -0.3 is 4.74 Å². The highest BCUT2D eigenvalue weighted by Crippen LogP contribution is 2.35. The van der Waals surface area contributed by atoms with Gasteiger partial charge in [0, 0.05) is 16.0 Å². The van der Waals surface area contributed by atoms with E-state index in [-0.39, 0.29) is 11.2 Å². The summed E-state index contributed by atoms with van der Waals surface area (Å²) in [4.78, 5) is 15.9. The van der Waals surface area contributed by atoms with Gasteiger partial charge in [-0.2, -0.15) is 0 Å². The summed E-state index contributed by atoms with van der Waals surface area (Å²) in [5, 5.41) is 2.72. The first-order valence-electron chi connectivity index (χ1n) is 5.58. The number of rotatable bonds is 3. The normalized spacial score (nSPS) is 17.5. The number of esters is 1. The third-order valence-corrected chi connectivity index (χ3v) is 5.24. The Kier molecular flexibility index (Phi) is 4.03. The van der Waals surface area contributed by atoms with Gasteiger partial charge in [-0.15, -0.1) is 11.3 Å². The van der Waals surface area contributed by atoms with Crippen LogP contribution in [0.1, 0.15) is 0 Å². The number of ether oxygens (including phenoxy) is 1. The van der Waals surface area contributed by atoms with Crippen molar-refractivity contribution in [3.63, 3.8) is 0 Å². The maximum absolute atomic E-state index is 11.4. The fourth-order valence-electron chi connectivity index (χ4n) is 1.65. The Morgan fingerprint density at radius 1 is 1.35 bits per heavy atom. The zero-order chi connectivity index (χ0) is 14.1. The SMILES string of the molecule is O=C1OC=CC1Sc1nc(-c2ccc(Cl)cc2Cl)cs1. The molecule has 1 aliphatic rings. The zero-order valence-electron chi connectivity index (χ0n) is 9.88. The molecular weight excluding hydrogens is 337 g/mol. The fourth-order valence-corrected chi connectivity index (χ4v) is 4.04. The number of thiazole rings is 1. The molecule has 0 aliphatic carbocycles. The van der Waals surface area contributed by atoms with Gasteiger partial charge in [-0.05, 0) is 24.3 Å². The largest absolute Gasteiger partial charge is 0.434 e. The number of halogens is 2. The molecule has 0 fully saturated rings. The Balaban J connectivity index is 1.83. The standard InChI is InChI=1S/C13H7Cl2NO2S2/c14-7-1-2-8(9(15)5-7)10-6-19-13(16-10)20-11-3-4-18-12(11)17/h1-6,11H. The van der Waals surface area contributed by atoms with E-state index in [0.29, 0.717) is 10.0 Å². The molecular formula is C13H7Cl2NO2S2. The molecule has 2 aromatic rings. The van der Waals surface area contributed by atoms with Crippen LogP contribution in [0.3, 0.4) is 0 Å². The summed E-state index contributed by atoms with van der Waals surface area (Å²) in [6.07, 6.45) is 3.12. The Hall–Kier alpha value is -1.01. The number of nitrogens with zero attached hydrogens (tertiary/aromatic N) is 1. The van der Waals surface area contributed by atoms with E-state index in [4.69, 9.17) is 27.9 Å². The Morgan fingerprint density at radius 3 is 2.90 bits per heavy atom. The van der Waals surface area contributed by atoms with Crippen LogP contribution in [-0.4, -0.2) is 16.2 Å². The van der Waals surface area contributed by atoms with E-state index in [1.807, 2.05) is 11.4 Å². The monoisotopic (exact) mass is 343 g/mol. The van der Waals surface area contributed by atoms with Crippen molar-refractivity contribution in [2.45, 2.75) is 9.59 Å². The number of thioether (sulfide) groups is 1. The molecule has 1 aromatic heterocycles. The molecule has 2 heterocycles. The van der Waals surface area contributed by atoms with Crippen LogP contribution in [0.4, 0.5) is 0 Å². The topological polar surface area (TPSA) is 39.2 Å². The van der Waals surface area contributed by atoms with Gasteiger partial charge in [0.1, 0.15) is 5.25 Å². The van der Waals surface area contributed by atoms with Crippen LogP contribution in [0.15, 0.2) is 40.3 Å². The summed E-state index contributed by atoms with van der Waals surface area (Å²) in [6.45, 7) is 0. The minimum absolute atomic E-state index is 0.267. The average molecular weight is 344 g/mol. The Bertz CT molecular complexity index is 699. The first-order valence-corrected chi connectivity index (χ1v) is 8.10. The van der Waals surface area contributed by atoms with Gasteiger partial charge in [-0.25, -0.2) is 4.98 Å². The molecule has 0 spiro atoms. The van der Waals surface area contributed by atoms with E-state index in [1.165, 1.54) is 29.4 Å². The molecule has 0 bridgehead atoms. The van der Waals surface area contributed by atoms with Crippen molar-refractivity contribution in [3.05, 3.63) is 46.0 Å². The van der Waals surface area contributed by atoms with Crippen LogP contribution in [0.25, 0.3) is 11.3 Å². The second-order valence-corrected chi connectivity index (χ2v) is 7.02. The Morgan fingerprint density at radius 2 is 2.20 bits per heavy atom. The maximum atomic E-state index is 11.4. The molecule has 0 radical (unpaired) electrons. The van der Waals surface area contributed by atoms with E-state index in [0.717, 1.165) is 15.6 Å². The molecule has 20 heavy (non-hydrogen) atoms. The van der Waals surface area contributed by atoms with Crippen LogP contribution in [0, 0.1) is 0 Å². The van der Waals surface area contributed by atoms with E-state index in [2.05, 4.69) is 4.98 Å². The van der Waals surface area contributed by atoms with Crippen LogP contribution < -0.4 is 0 Å². The zero-order valence-corrected chi connectivity index (χ0v) is 13.0. The molecule has 0 saturated carbocycles. The van der Waals surface area contributed by atoms with Gasteiger partial charge in [-0.1, -0.05) is 35.0 Å². The number of cyclic esters (lactones) is 1. The molecule has 0 N–H and O–H groups in total. The van der Waals surface area contributed by atoms with Gasteiger partial charge in [0.05, 0.1) is 17.0 Å². The first kappa shape index (κ1) is 13.9. The number of carbonyl (C=O) groups is 1. The molecule has 0 amide bonds. The van der Waals surface area contributed by atoms with Crippen LogP contribution in [0.5, 0.6) is 0 Å². The quantitative estimate of drug-likeness (QED) is 0.760. The molecule has 1 aliphatic heterocycles. The van der Waals surface area contributed by atoms with E-state index in [1.54, 1.807) is 18.2 Å². The average Bonchev–Trinajstić information content (AvgIpc) is 3.00. The van der Waals surface area contributed by atoms with Gasteiger partial charge >= 0.3 is 5.97 Å². The number of carbonyl (C=O) groups excluding carboxylic acids is 1. The minimum Gasteiger partial charge on any atom is -0.434 e. The third-order valence-electron chi connectivity index (χ3n) is 2.59. The van der Waals surface area contributed by atoms with Crippen molar-refractivity contribution in [2.75, 3.05) is 0 Å². The highest BCUT2D eigenvalue weighted by Gasteiger charge is 2.24. The highest BCUT2D eigenvalue weighted by molar-refractivity contribution is 8.02. The van der Waals surface area contributed by atoms with Crippen molar-refractivity contribution < 1.29 is 9.53 Å². The molecule has 1 atom stereocenters. The highest BCUT2D eigenvalue weighted by atomic mass is 35.5. The maximum Gasteiger partial charge on any atom is 0.328 e. The van der Waals surface area contributed by atoms with E-state index in [9.17, 15) is 4.79 Å². The number of aromatic nitrogens is 1. The van der Waals surface area contributed by atoms with Crippen molar-refractivity contribution in [1.29, 1.82) is 0 Å². The molecule has 1 unspecified atom stereocenters. The molecule has 7 heteroatoms. The van der Waals surface area contributed by atoms with Crippen molar-refractivity contribution in [3.8, 4) is 11.3 Å². The van der Waals surface area contributed by atoms with Gasteiger partial charge in [0.2, 0.25) is 0 Å². The lowest BCUT2D eigenvalue weighted by Gasteiger charge is -2.02. The van der Waals surface area contributed by atoms with Crippen molar-refractivity contribution in [2.24, 2.45) is 0 Å². The number of hydrogen-bond donors (Lipinski definition) is 0. The molecule has 3 nitrogen and oxygen atoms in total. The minimum atomic E-state index is -0.324.